The molecular formula is C16H15Cl2NO2. The number of hydrogen-bond donors (Lipinski definition) is 1. The third-order valence-electron chi connectivity index (χ3n) is 3.01. The number of carboxylic acid groups (broad SMARTS) is 1. The van der Waals surface area contributed by atoms with Gasteiger partial charge in [-0.05, 0) is 35.9 Å². The van der Waals surface area contributed by atoms with Gasteiger partial charge in [0.05, 0.1) is 6.42 Å². The van der Waals surface area contributed by atoms with Crippen molar-refractivity contribution in [1.29, 1.82) is 0 Å². The zero-order valence-electron chi connectivity index (χ0n) is 11.3. The first-order chi connectivity index (χ1) is 10.0. The minimum Gasteiger partial charge on any atom is -0.481 e. The van der Waals surface area contributed by atoms with Crippen molar-refractivity contribution in [2.45, 2.75) is 13.0 Å². The van der Waals surface area contributed by atoms with Gasteiger partial charge < -0.3 is 10.0 Å². The fourth-order valence-corrected chi connectivity index (χ4v) is 2.66. The number of carboxylic acids is 1. The van der Waals surface area contributed by atoms with Gasteiger partial charge in [-0.3, -0.25) is 4.79 Å². The lowest BCUT2D eigenvalue weighted by Crippen LogP contribution is -2.25. The van der Waals surface area contributed by atoms with Crippen LogP contribution in [0.5, 0.6) is 0 Å². The lowest BCUT2D eigenvalue weighted by molar-refractivity contribution is -0.136. The molecule has 2 rings (SSSR count). The Kier molecular flexibility index (Phi) is 5.48. The van der Waals surface area contributed by atoms with E-state index in [4.69, 9.17) is 28.3 Å². The molecule has 1 N–H and O–H groups in total. The van der Waals surface area contributed by atoms with Gasteiger partial charge in [-0.1, -0.05) is 41.4 Å². The molecule has 0 aliphatic rings. The van der Waals surface area contributed by atoms with Crippen LogP contribution in [-0.2, 0) is 11.3 Å². The highest BCUT2D eigenvalue weighted by atomic mass is 35.5. The molecule has 0 radical (unpaired) electrons. The Labute approximate surface area is 133 Å². The van der Waals surface area contributed by atoms with Crippen LogP contribution in [0, 0.1) is 0 Å². The Morgan fingerprint density at radius 1 is 1.05 bits per heavy atom. The maximum atomic E-state index is 10.8. The van der Waals surface area contributed by atoms with E-state index in [0.29, 0.717) is 23.1 Å². The third kappa shape index (κ3) is 4.96. The maximum Gasteiger partial charge on any atom is 0.305 e. The van der Waals surface area contributed by atoms with Gasteiger partial charge in [-0.2, -0.15) is 0 Å². The van der Waals surface area contributed by atoms with Crippen molar-refractivity contribution in [3.8, 4) is 0 Å². The van der Waals surface area contributed by atoms with Gasteiger partial charge >= 0.3 is 5.97 Å². The molecule has 0 aliphatic heterocycles. The molecular weight excluding hydrogens is 309 g/mol. The van der Waals surface area contributed by atoms with Crippen molar-refractivity contribution in [3.63, 3.8) is 0 Å². The summed E-state index contributed by atoms with van der Waals surface area (Å²) >= 11 is 12.0. The highest BCUT2D eigenvalue weighted by Gasteiger charge is 2.10. The van der Waals surface area contributed by atoms with Crippen molar-refractivity contribution < 1.29 is 9.90 Å². The molecule has 2 aromatic carbocycles. The highest BCUT2D eigenvalue weighted by molar-refractivity contribution is 6.34. The number of benzene rings is 2. The number of hydrogen-bond acceptors (Lipinski definition) is 2. The summed E-state index contributed by atoms with van der Waals surface area (Å²) < 4.78 is 0. The van der Waals surface area contributed by atoms with Gasteiger partial charge in [0, 0.05) is 28.8 Å². The minimum absolute atomic E-state index is 0.0726. The first kappa shape index (κ1) is 15.7. The second-order valence-electron chi connectivity index (χ2n) is 4.68. The van der Waals surface area contributed by atoms with Crippen molar-refractivity contribution in [2.24, 2.45) is 0 Å². The maximum absolute atomic E-state index is 10.8. The summed E-state index contributed by atoms with van der Waals surface area (Å²) in [5, 5.41) is 10.0. The van der Waals surface area contributed by atoms with Gasteiger partial charge in [0.15, 0.2) is 0 Å². The summed E-state index contributed by atoms with van der Waals surface area (Å²) in [7, 11) is 0. The summed E-state index contributed by atoms with van der Waals surface area (Å²) in [6, 6.07) is 15.0. The number of anilines is 1. The summed E-state index contributed by atoms with van der Waals surface area (Å²) in [6.07, 6.45) is 0.0726. The number of halogens is 2. The fraction of sp³-hybridized carbons (Fsp3) is 0.188. The second-order valence-corrected chi connectivity index (χ2v) is 5.55. The normalized spacial score (nSPS) is 10.4. The van der Waals surface area contributed by atoms with Crippen molar-refractivity contribution in [3.05, 3.63) is 64.1 Å². The van der Waals surface area contributed by atoms with E-state index in [1.165, 1.54) is 0 Å². The summed E-state index contributed by atoms with van der Waals surface area (Å²) in [4.78, 5) is 12.8. The first-order valence-electron chi connectivity index (χ1n) is 6.51. The van der Waals surface area contributed by atoms with Gasteiger partial charge in [0.2, 0.25) is 0 Å². The SMILES string of the molecule is O=C(O)CCN(Cc1cc(Cl)cc(Cl)c1)c1ccccc1. The van der Waals surface area contributed by atoms with E-state index in [9.17, 15) is 4.79 Å². The molecule has 110 valence electrons. The average molecular weight is 324 g/mol. The molecule has 0 spiro atoms. The summed E-state index contributed by atoms with van der Waals surface area (Å²) in [6.45, 7) is 0.973. The van der Waals surface area contributed by atoms with E-state index >= 15 is 0 Å². The van der Waals surface area contributed by atoms with Crippen LogP contribution < -0.4 is 4.90 Å². The van der Waals surface area contributed by atoms with Crippen LogP contribution >= 0.6 is 23.2 Å². The van der Waals surface area contributed by atoms with Crippen LogP contribution in [0.2, 0.25) is 10.0 Å². The second kappa shape index (κ2) is 7.34. The molecule has 0 amide bonds. The van der Waals surface area contributed by atoms with Crippen LogP contribution in [-0.4, -0.2) is 17.6 Å². The molecule has 0 heterocycles. The predicted octanol–water partition coefficient (Wildman–Crippen LogP) is 4.47. The Morgan fingerprint density at radius 3 is 2.24 bits per heavy atom. The molecule has 0 fully saturated rings. The zero-order chi connectivity index (χ0) is 15.2. The van der Waals surface area contributed by atoms with Crippen LogP contribution in [0.25, 0.3) is 0 Å². The van der Waals surface area contributed by atoms with Crippen LogP contribution in [0.1, 0.15) is 12.0 Å². The van der Waals surface area contributed by atoms with E-state index in [2.05, 4.69) is 0 Å². The number of rotatable bonds is 6. The van der Waals surface area contributed by atoms with E-state index in [1.807, 2.05) is 47.4 Å². The van der Waals surface area contributed by atoms with Gasteiger partial charge in [0.25, 0.3) is 0 Å². The number of carbonyl (C=O) groups is 1. The molecule has 3 nitrogen and oxygen atoms in total. The molecule has 0 bridgehead atoms. The summed E-state index contributed by atoms with van der Waals surface area (Å²) in [5.41, 5.74) is 1.91. The minimum atomic E-state index is -0.819. The van der Waals surface area contributed by atoms with E-state index in [-0.39, 0.29) is 6.42 Å². The van der Waals surface area contributed by atoms with Crippen molar-refractivity contribution in [1.82, 2.24) is 0 Å². The molecule has 0 unspecified atom stereocenters. The number of para-hydroxylation sites is 1. The Morgan fingerprint density at radius 2 is 1.67 bits per heavy atom. The largest absolute Gasteiger partial charge is 0.481 e. The van der Waals surface area contributed by atoms with Gasteiger partial charge in [-0.25, -0.2) is 0 Å². The van der Waals surface area contributed by atoms with E-state index < -0.39 is 5.97 Å². The topological polar surface area (TPSA) is 40.5 Å². The van der Waals surface area contributed by atoms with Crippen LogP contribution in [0.15, 0.2) is 48.5 Å². The molecule has 0 saturated carbocycles. The molecule has 0 atom stereocenters. The predicted molar refractivity (Wildman–Crippen MR) is 86.2 cm³/mol. The van der Waals surface area contributed by atoms with Crippen LogP contribution in [0.4, 0.5) is 5.69 Å². The Balaban J connectivity index is 2.20. The lowest BCUT2D eigenvalue weighted by Gasteiger charge is -2.24. The average Bonchev–Trinajstić information content (AvgIpc) is 2.43. The molecule has 0 aliphatic carbocycles. The molecule has 21 heavy (non-hydrogen) atoms. The first-order valence-corrected chi connectivity index (χ1v) is 7.27. The van der Waals surface area contributed by atoms with Crippen molar-refractivity contribution >= 4 is 34.9 Å². The number of aliphatic carboxylic acids is 1. The van der Waals surface area contributed by atoms with E-state index in [0.717, 1.165) is 11.3 Å². The molecule has 2 aromatic rings. The molecule has 5 heteroatoms. The van der Waals surface area contributed by atoms with E-state index in [1.54, 1.807) is 6.07 Å². The lowest BCUT2D eigenvalue weighted by atomic mass is 10.2. The van der Waals surface area contributed by atoms with Crippen LogP contribution in [0.3, 0.4) is 0 Å². The highest BCUT2D eigenvalue weighted by Crippen LogP contribution is 2.22. The zero-order valence-corrected chi connectivity index (χ0v) is 12.8. The fourth-order valence-electron chi connectivity index (χ4n) is 2.09. The van der Waals surface area contributed by atoms with Crippen molar-refractivity contribution in [2.75, 3.05) is 11.4 Å². The van der Waals surface area contributed by atoms with Gasteiger partial charge in [0.1, 0.15) is 0 Å². The quantitative estimate of drug-likeness (QED) is 0.852. The molecule has 0 saturated heterocycles. The number of nitrogens with zero attached hydrogens (tertiary/aromatic N) is 1. The third-order valence-corrected chi connectivity index (χ3v) is 3.45. The monoisotopic (exact) mass is 323 g/mol. The Hall–Kier alpha value is -1.71. The molecule has 0 aromatic heterocycles. The standard InChI is InChI=1S/C16H15Cl2NO2/c17-13-8-12(9-14(18)10-13)11-19(7-6-16(20)21)15-4-2-1-3-5-15/h1-5,8-10H,6-7,11H2,(H,20,21). The Bertz CT molecular complexity index is 597. The summed E-state index contributed by atoms with van der Waals surface area (Å²) in [5.74, 6) is -0.819. The smallest absolute Gasteiger partial charge is 0.305 e. The van der Waals surface area contributed by atoms with Gasteiger partial charge in [-0.15, -0.1) is 0 Å².